The number of pyridine rings is 1. The van der Waals surface area contributed by atoms with Crippen molar-refractivity contribution < 1.29 is 4.39 Å². The maximum Gasteiger partial charge on any atom is 0.126 e. The fourth-order valence-corrected chi connectivity index (χ4v) is 3.83. The normalized spacial score (nSPS) is 11.7. The van der Waals surface area contributed by atoms with E-state index in [0.29, 0.717) is 11.1 Å². The summed E-state index contributed by atoms with van der Waals surface area (Å²) >= 11 is 1.57. The van der Waals surface area contributed by atoms with Gasteiger partial charge in [0.2, 0.25) is 0 Å². The van der Waals surface area contributed by atoms with Crippen molar-refractivity contribution in [1.29, 1.82) is 5.41 Å². The van der Waals surface area contributed by atoms with Crippen molar-refractivity contribution >= 4 is 33.3 Å². The zero-order valence-corrected chi connectivity index (χ0v) is 15.9. The quantitative estimate of drug-likeness (QED) is 0.458. The number of hydrogen-bond acceptors (Lipinski definition) is 5. The van der Waals surface area contributed by atoms with E-state index in [2.05, 4.69) is 16.0 Å². The summed E-state index contributed by atoms with van der Waals surface area (Å²) in [5.74, 6) is -0.245. The van der Waals surface area contributed by atoms with Gasteiger partial charge in [-0.05, 0) is 54.4 Å². The Morgan fingerprint density at radius 2 is 1.93 bits per heavy atom. The van der Waals surface area contributed by atoms with Crippen LogP contribution in [0.3, 0.4) is 0 Å². The maximum atomic E-state index is 13.8. The number of nitrogens with one attached hydrogen (secondary N) is 1. The number of fused-ring (bicyclic) bond motifs is 1. The molecule has 0 unspecified atom stereocenters. The van der Waals surface area contributed by atoms with Gasteiger partial charge in [-0.25, -0.2) is 9.37 Å². The molecule has 6 heteroatoms. The molecule has 0 aliphatic rings. The SMILES string of the molecule is Cc1cc(-c2ncc(/C(C=N)=C/N)cc2-c2ccc3ncsc3c2)ccc1F. The second kappa shape index (κ2) is 7.32. The number of aryl methyl sites for hydroxylation is 1. The smallest absolute Gasteiger partial charge is 0.126 e. The van der Waals surface area contributed by atoms with Gasteiger partial charge in [0.25, 0.3) is 0 Å². The predicted molar refractivity (Wildman–Crippen MR) is 114 cm³/mol. The molecule has 0 spiro atoms. The second-order valence-corrected chi connectivity index (χ2v) is 7.27. The standard InChI is InChI=1S/C22H17FN4S/c1-13-6-15(2-4-19(13)23)22-18(7-16(11-26-22)17(9-24)10-25)14-3-5-20-21(8-14)28-12-27-20/h2-12,24H,25H2,1H3/b17-10+,24-9?. The minimum Gasteiger partial charge on any atom is -0.404 e. The van der Waals surface area contributed by atoms with E-state index in [1.807, 2.05) is 23.7 Å². The lowest BCUT2D eigenvalue weighted by molar-refractivity contribution is 0.619. The van der Waals surface area contributed by atoms with Crippen molar-refractivity contribution in [2.45, 2.75) is 6.92 Å². The van der Waals surface area contributed by atoms with Gasteiger partial charge in [-0.15, -0.1) is 11.3 Å². The van der Waals surface area contributed by atoms with Gasteiger partial charge < -0.3 is 11.1 Å². The number of rotatable bonds is 4. The summed E-state index contributed by atoms with van der Waals surface area (Å²) < 4.78 is 14.8. The van der Waals surface area contributed by atoms with Gasteiger partial charge in [0, 0.05) is 40.9 Å². The average Bonchev–Trinajstić information content (AvgIpc) is 3.19. The highest BCUT2D eigenvalue weighted by Gasteiger charge is 2.14. The van der Waals surface area contributed by atoms with Gasteiger partial charge in [-0.3, -0.25) is 4.98 Å². The third-order valence-electron chi connectivity index (χ3n) is 4.63. The van der Waals surface area contributed by atoms with Crippen LogP contribution in [0.15, 0.2) is 60.4 Å². The first kappa shape index (κ1) is 18.0. The largest absolute Gasteiger partial charge is 0.404 e. The van der Waals surface area contributed by atoms with Gasteiger partial charge in [0.05, 0.1) is 21.4 Å². The number of hydrogen-bond donors (Lipinski definition) is 2. The molecule has 4 rings (SSSR count). The highest BCUT2D eigenvalue weighted by atomic mass is 32.1. The van der Waals surface area contributed by atoms with Crippen LogP contribution in [0.5, 0.6) is 0 Å². The summed E-state index contributed by atoms with van der Waals surface area (Å²) in [5, 5.41) is 7.58. The van der Waals surface area contributed by atoms with Crippen molar-refractivity contribution in [2.75, 3.05) is 0 Å². The van der Waals surface area contributed by atoms with E-state index in [0.717, 1.165) is 38.2 Å². The van der Waals surface area contributed by atoms with Gasteiger partial charge in [0.15, 0.2) is 0 Å². The van der Waals surface area contributed by atoms with Crippen LogP contribution in [-0.2, 0) is 0 Å². The maximum absolute atomic E-state index is 13.8. The lowest BCUT2D eigenvalue weighted by Crippen LogP contribution is -1.96. The van der Waals surface area contributed by atoms with E-state index in [-0.39, 0.29) is 5.82 Å². The first-order chi connectivity index (χ1) is 13.6. The van der Waals surface area contributed by atoms with Gasteiger partial charge >= 0.3 is 0 Å². The van der Waals surface area contributed by atoms with Crippen molar-refractivity contribution in [1.82, 2.24) is 9.97 Å². The minimum absolute atomic E-state index is 0.245. The molecule has 0 radical (unpaired) electrons. The van der Waals surface area contributed by atoms with Gasteiger partial charge in [-0.2, -0.15) is 0 Å². The molecule has 28 heavy (non-hydrogen) atoms. The monoisotopic (exact) mass is 388 g/mol. The summed E-state index contributed by atoms with van der Waals surface area (Å²) in [6.45, 7) is 1.74. The first-order valence-electron chi connectivity index (χ1n) is 8.63. The fourth-order valence-electron chi connectivity index (χ4n) is 3.12. The topological polar surface area (TPSA) is 75.7 Å². The predicted octanol–water partition coefficient (Wildman–Crippen LogP) is 5.42. The van der Waals surface area contributed by atoms with Crippen molar-refractivity contribution in [2.24, 2.45) is 5.73 Å². The first-order valence-corrected chi connectivity index (χ1v) is 9.51. The zero-order chi connectivity index (χ0) is 19.7. The Bertz CT molecular complexity index is 1230. The Morgan fingerprint density at radius 3 is 2.68 bits per heavy atom. The van der Waals surface area contributed by atoms with Crippen LogP contribution >= 0.6 is 11.3 Å². The number of allylic oxidation sites excluding steroid dienone is 1. The number of benzene rings is 2. The van der Waals surface area contributed by atoms with Crippen LogP contribution in [0, 0.1) is 18.2 Å². The molecule has 0 atom stereocenters. The third-order valence-corrected chi connectivity index (χ3v) is 5.42. The molecule has 0 aliphatic carbocycles. The van der Waals surface area contributed by atoms with Crippen LogP contribution in [-0.4, -0.2) is 16.2 Å². The van der Waals surface area contributed by atoms with E-state index in [9.17, 15) is 4.39 Å². The number of nitrogens with zero attached hydrogens (tertiary/aromatic N) is 2. The second-order valence-electron chi connectivity index (χ2n) is 6.39. The minimum atomic E-state index is -0.245. The van der Waals surface area contributed by atoms with Crippen LogP contribution in [0.4, 0.5) is 4.39 Å². The molecule has 3 N–H and O–H groups in total. The summed E-state index contributed by atoms with van der Waals surface area (Å²) in [5.41, 5.74) is 13.8. The molecule has 0 aliphatic heterocycles. The molecule has 2 heterocycles. The molecule has 138 valence electrons. The molecular formula is C22H17FN4S. The molecule has 0 fully saturated rings. The van der Waals surface area contributed by atoms with E-state index in [4.69, 9.17) is 11.1 Å². The van der Waals surface area contributed by atoms with Crippen LogP contribution in [0.2, 0.25) is 0 Å². The lowest BCUT2D eigenvalue weighted by Gasteiger charge is -2.13. The molecule has 0 saturated heterocycles. The molecular weight excluding hydrogens is 371 g/mol. The van der Waals surface area contributed by atoms with E-state index in [1.165, 1.54) is 18.5 Å². The van der Waals surface area contributed by atoms with Crippen molar-refractivity contribution in [3.8, 4) is 22.4 Å². The summed E-state index contributed by atoms with van der Waals surface area (Å²) in [7, 11) is 0. The Hall–Kier alpha value is -3.38. The van der Waals surface area contributed by atoms with E-state index in [1.54, 1.807) is 36.6 Å². The Balaban J connectivity index is 1.97. The number of halogens is 1. The van der Waals surface area contributed by atoms with E-state index < -0.39 is 0 Å². The van der Waals surface area contributed by atoms with Crippen molar-refractivity contribution in [3.05, 3.63) is 77.3 Å². The average molecular weight is 388 g/mol. The molecule has 0 bridgehead atoms. The van der Waals surface area contributed by atoms with Crippen LogP contribution < -0.4 is 5.73 Å². The highest BCUT2D eigenvalue weighted by Crippen LogP contribution is 2.35. The number of nitrogens with two attached hydrogens (primary N) is 1. The molecule has 4 nitrogen and oxygen atoms in total. The number of aromatic nitrogens is 2. The Kier molecular flexibility index (Phi) is 4.71. The Morgan fingerprint density at radius 1 is 1.11 bits per heavy atom. The number of thiazole rings is 1. The summed E-state index contributed by atoms with van der Waals surface area (Å²) in [6.07, 6.45) is 4.28. The summed E-state index contributed by atoms with van der Waals surface area (Å²) in [6, 6.07) is 13.0. The van der Waals surface area contributed by atoms with E-state index >= 15 is 0 Å². The highest BCUT2D eigenvalue weighted by molar-refractivity contribution is 7.16. The van der Waals surface area contributed by atoms with Gasteiger partial charge in [0.1, 0.15) is 5.82 Å². The van der Waals surface area contributed by atoms with Crippen LogP contribution in [0.25, 0.3) is 38.2 Å². The lowest BCUT2D eigenvalue weighted by atomic mass is 9.95. The molecule has 2 aromatic heterocycles. The third kappa shape index (κ3) is 3.18. The Labute approximate surface area is 165 Å². The molecule has 4 aromatic rings. The molecule has 0 saturated carbocycles. The fraction of sp³-hybridized carbons (Fsp3) is 0.0455. The molecule has 2 aromatic carbocycles. The van der Waals surface area contributed by atoms with Crippen molar-refractivity contribution in [3.63, 3.8) is 0 Å². The summed E-state index contributed by atoms with van der Waals surface area (Å²) in [4.78, 5) is 8.98. The van der Waals surface area contributed by atoms with Crippen LogP contribution in [0.1, 0.15) is 11.1 Å². The molecule has 0 amide bonds. The zero-order valence-electron chi connectivity index (χ0n) is 15.1. The van der Waals surface area contributed by atoms with Gasteiger partial charge in [-0.1, -0.05) is 6.07 Å².